The number of carbonyl (C=O) groups excluding carboxylic acids is 1. The minimum absolute atomic E-state index is 0.160. The zero-order valence-electron chi connectivity index (χ0n) is 18.6. The van der Waals surface area contributed by atoms with E-state index in [0.717, 1.165) is 44.9 Å². The van der Waals surface area contributed by atoms with Gasteiger partial charge in [0, 0.05) is 29.1 Å². The molecule has 0 amide bonds. The number of thioether (sulfide) groups is 1. The molecule has 4 atom stereocenters. The standard InChI is InChI=1S/C27H32O3S/c1-26-16-22(17-3-6-19(31-2)7-4-17)25-20-11-12-27(29-13-14-30-27)15-18(20)5-8-21(25)23(26)9-10-24(26)28/h3-4,6-7,15,21-23H,5,8-14,16H2,1-2H3. The van der Waals surface area contributed by atoms with Crippen LogP contribution in [-0.2, 0) is 14.3 Å². The van der Waals surface area contributed by atoms with Gasteiger partial charge in [-0.15, -0.1) is 11.8 Å². The van der Waals surface area contributed by atoms with Gasteiger partial charge in [-0.05, 0) is 85.1 Å². The molecule has 5 aliphatic rings. The van der Waals surface area contributed by atoms with Crippen molar-refractivity contribution in [2.45, 2.75) is 68.5 Å². The third kappa shape index (κ3) is 3.05. The number of ether oxygens (including phenoxy) is 2. The van der Waals surface area contributed by atoms with E-state index in [2.05, 4.69) is 43.5 Å². The van der Waals surface area contributed by atoms with Crippen LogP contribution in [0.25, 0.3) is 0 Å². The first-order chi connectivity index (χ1) is 15.0. The van der Waals surface area contributed by atoms with Crippen molar-refractivity contribution < 1.29 is 14.3 Å². The molecule has 6 rings (SSSR count). The molecule has 31 heavy (non-hydrogen) atoms. The van der Waals surface area contributed by atoms with E-state index in [4.69, 9.17) is 9.47 Å². The Balaban J connectivity index is 1.48. The average molecular weight is 437 g/mol. The van der Waals surface area contributed by atoms with Crippen LogP contribution in [0.15, 0.2) is 52.0 Å². The minimum atomic E-state index is -0.478. The molecule has 0 aromatic heterocycles. The molecule has 4 aliphatic carbocycles. The monoisotopic (exact) mass is 436 g/mol. The Hall–Kier alpha value is -1.36. The van der Waals surface area contributed by atoms with E-state index >= 15 is 0 Å². The van der Waals surface area contributed by atoms with E-state index in [1.807, 2.05) is 0 Å². The summed E-state index contributed by atoms with van der Waals surface area (Å²) in [6.07, 6.45) is 11.5. The minimum Gasteiger partial charge on any atom is -0.344 e. The molecule has 0 bridgehead atoms. The van der Waals surface area contributed by atoms with Gasteiger partial charge in [-0.2, -0.15) is 0 Å². The molecule has 1 aromatic rings. The Kier molecular flexibility index (Phi) is 4.79. The van der Waals surface area contributed by atoms with Crippen molar-refractivity contribution >= 4 is 17.5 Å². The summed E-state index contributed by atoms with van der Waals surface area (Å²) in [6.45, 7) is 3.68. The molecule has 4 heteroatoms. The van der Waals surface area contributed by atoms with Crippen LogP contribution in [0.2, 0.25) is 0 Å². The van der Waals surface area contributed by atoms with Crippen LogP contribution >= 0.6 is 11.8 Å². The lowest BCUT2D eigenvalue weighted by molar-refractivity contribution is -0.128. The number of ketones is 1. The van der Waals surface area contributed by atoms with Gasteiger partial charge in [-0.25, -0.2) is 0 Å². The molecule has 1 heterocycles. The maximum atomic E-state index is 13.1. The Morgan fingerprint density at radius 1 is 1.03 bits per heavy atom. The van der Waals surface area contributed by atoms with Gasteiger partial charge in [0.1, 0.15) is 5.78 Å². The SMILES string of the molecule is CSc1ccc(C2CC3(C)C(=O)CCC3C3CCC4=CC5(CCC4=C23)OCCO5)cc1. The molecular formula is C27H32O3S. The Bertz CT molecular complexity index is 969. The van der Waals surface area contributed by atoms with Crippen LogP contribution in [0, 0.1) is 17.3 Å². The fraction of sp³-hybridized carbons (Fsp3) is 0.593. The molecule has 1 saturated heterocycles. The van der Waals surface area contributed by atoms with Gasteiger partial charge >= 0.3 is 0 Å². The summed E-state index contributed by atoms with van der Waals surface area (Å²) < 4.78 is 12.1. The molecular weight excluding hydrogens is 404 g/mol. The van der Waals surface area contributed by atoms with E-state index in [0.29, 0.717) is 36.8 Å². The largest absolute Gasteiger partial charge is 0.344 e. The van der Waals surface area contributed by atoms with Crippen molar-refractivity contribution in [2.24, 2.45) is 17.3 Å². The van der Waals surface area contributed by atoms with Gasteiger partial charge in [-0.1, -0.05) is 24.6 Å². The van der Waals surface area contributed by atoms with Gasteiger partial charge < -0.3 is 9.47 Å². The highest BCUT2D eigenvalue weighted by atomic mass is 32.2. The van der Waals surface area contributed by atoms with Crippen molar-refractivity contribution in [1.29, 1.82) is 0 Å². The molecule has 1 spiro atoms. The Morgan fingerprint density at radius 2 is 1.81 bits per heavy atom. The van der Waals surface area contributed by atoms with Crippen LogP contribution < -0.4 is 0 Å². The molecule has 4 unspecified atom stereocenters. The number of rotatable bonds is 2. The van der Waals surface area contributed by atoms with Crippen LogP contribution in [0.5, 0.6) is 0 Å². The Labute approximate surface area is 189 Å². The smallest absolute Gasteiger partial charge is 0.188 e. The maximum Gasteiger partial charge on any atom is 0.188 e. The van der Waals surface area contributed by atoms with Gasteiger partial charge in [0.05, 0.1) is 13.2 Å². The summed E-state index contributed by atoms with van der Waals surface area (Å²) >= 11 is 1.79. The number of Topliss-reactive ketones (excluding diaryl/α,β-unsaturated/α-hetero) is 1. The predicted molar refractivity (Wildman–Crippen MR) is 123 cm³/mol. The second kappa shape index (κ2) is 7.33. The number of carbonyl (C=O) groups is 1. The van der Waals surface area contributed by atoms with E-state index in [1.165, 1.54) is 16.0 Å². The topological polar surface area (TPSA) is 35.5 Å². The van der Waals surface area contributed by atoms with E-state index in [1.54, 1.807) is 22.9 Å². The second-order valence-corrected chi connectivity index (χ2v) is 11.2. The normalized spacial score (nSPS) is 36.3. The molecule has 3 nitrogen and oxygen atoms in total. The van der Waals surface area contributed by atoms with Crippen molar-refractivity contribution in [3.8, 4) is 0 Å². The second-order valence-electron chi connectivity index (χ2n) is 10.3. The average Bonchev–Trinajstić information content (AvgIpc) is 3.37. The summed E-state index contributed by atoms with van der Waals surface area (Å²) in [5.74, 6) is 1.43. The van der Waals surface area contributed by atoms with Gasteiger partial charge in [-0.3, -0.25) is 4.79 Å². The number of allylic oxidation sites excluding steroid dienone is 3. The molecule has 1 aromatic carbocycles. The maximum absolute atomic E-state index is 13.1. The van der Waals surface area contributed by atoms with E-state index in [-0.39, 0.29) is 5.41 Å². The third-order valence-electron chi connectivity index (χ3n) is 8.90. The van der Waals surface area contributed by atoms with Crippen LogP contribution in [0.4, 0.5) is 0 Å². The third-order valence-corrected chi connectivity index (χ3v) is 9.64. The summed E-state index contributed by atoms with van der Waals surface area (Å²) in [7, 11) is 0. The number of hydrogen-bond acceptors (Lipinski definition) is 4. The fourth-order valence-corrected chi connectivity index (χ4v) is 7.80. The first kappa shape index (κ1) is 20.3. The zero-order chi connectivity index (χ0) is 21.2. The number of hydrogen-bond donors (Lipinski definition) is 0. The molecule has 0 N–H and O–H groups in total. The lowest BCUT2D eigenvalue weighted by atomic mass is 9.53. The molecule has 3 fully saturated rings. The van der Waals surface area contributed by atoms with Crippen LogP contribution in [0.1, 0.15) is 63.4 Å². The Morgan fingerprint density at radius 3 is 2.55 bits per heavy atom. The summed E-state index contributed by atoms with van der Waals surface area (Å²) in [5, 5.41) is 0. The van der Waals surface area contributed by atoms with Crippen molar-refractivity contribution in [1.82, 2.24) is 0 Å². The fourth-order valence-electron chi connectivity index (χ4n) is 7.39. The summed E-state index contributed by atoms with van der Waals surface area (Å²) in [6, 6.07) is 9.13. The van der Waals surface area contributed by atoms with Gasteiger partial charge in [0.2, 0.25) is 0 Å². The van der Waals surface area contributed by atoms with E-state index < -0.39 is 5.79 Å². The van der Waals surface area contributed by atoms with Gasteiger partial charge in [0.25, 0.3) is 0 Å². The van der Waals surface area contributed by atoms with E-state index in [9.17, 15) is 4.79 Å². The highest BCUT2D eigenvalue weighted by Crippen LogP contribution is 2.63. The molecule has 2 saturated carbocycles. The lowest BCUT2D eigenvalue weighted by Crippen LogP contribution is -2.44. The lowest BCUT2D eigenvalue weighted by Gasteiger charge is -2.50. The highest BCUT2D eigenvalue weighted by Gasteiger charge is 2.56. The molecule has 1 aliphatic heterocycles. The van der Waals surface area contributed by atoms with Crippen molar-refractivity contribution in [3.05, 3.63) is 52.6 Å². The quantitative estimate of drug-likeness (QED) is 0.529. The number of benzene rings is 1. The number of fused-ring (bicyclic) bond motifs is 4. The van der Waals surface area contributed by atoms with Crippen LogP contribution in [0.3, 0.4) is 0 Å². The van der Waals surface area contributed by atoms with Gasteiger partial charge in [0.15, 0.2) is 5.79 Å². The molecule has 164 valence electrons. The van der Waals surface area contributed by atoms with Crippen LogP contribution in [-0.4, -0.2) is 31.0 Å². The highest BCUT2D eigenvalue weighted by molar-refractivity contribution is 7.98. The van der Waals surface area contributed by atoms with Crippen molar-refractivity contribution in [3.63, 3.8) is 0 Å². The first-order valence-electron chi connectivity index (χ1n) is 11.9. The summed E-state index contributed by atoms with van der Waals surface area (Å²) in [5.41, 5.74) is 5.91. The molecule has 0 radical (unpaired) electrons. The first-order valence-corrected chi connectivity index (χ1v) is 13.2. The predicted octanol–water partition coefficient (Wildman–Crippen LogP) is 6.05. The zero-order valence-corrected chi connectivity index (χ0v) is 19.4. The summed E-state index contributed by atoms with van der Waals surface area (Å²) in [4.78, 5) is 14.4. The van der Waals surface area contributed by atoms with Crippen molar-refractivity contribution in [2.75, 3.05) is 19.5 Å².